The van der Waals surface area contributed by atoms with E-state index >= 15 is 0 Å². The van der Waals surface area contributed by atoms with Gasteiger partial charge in [0, 0.05) is 35.2 Å². The highest BCUT2D eigenvalue weighted by Gasteiger charge is 2.19. The monoisotopic (exact) mass is 270 g/mol. The lowest BCUT2D eigenvalue weighted by molar-refractivity contribution is 0.514. The van der Waals surface area contributed by atoms with E-state index < -0.39 is 0 Å². The van der Waals surface area contributed by atoms with Crippen molar-refractivity contribution >= 4 is 23.5 Å². The van der Waals surface area contributed by atoms with Crippen molar-refractivity contribution in [3.63, 3.8) is 0 Å². The fraction of sp³-hybridized carbons (Fsp3) is 0.769. The first-order chi connectivity index (χ1) is 8.38. The number of aromatic nitrogens is 2. The largest absolute Gasteiger partial charge is 0.336 e. The van der Waals surface area contributed by atoms with Gasteiger partial charge < -0.3 is 4.57 Å². The molecule has 1 fully saturated rings. The number of nitrogens with zero attached hydrogens (tertiary/aromatic N) is 2. The summed E-state index contributed by atoms with van der Waals surface area (Å²) in [5.74, 6) is 1.25. The van der Waals surface area contributed by atoms with Gasteiger partial charge in [0.25, 0.3) is 0 Å². The van der Waals surface area contributed by atoms with Gasteiger partial charge in [-0.2, -0.15) is 23.5 Å². The number of thioether (sulfide) groups is 2. The van der Waals surface area contributed by atoms with Gasteiger partial charge in [-0.1, -0.05) is 19.3 Å². The second kappa shape index (κ2) is 7.37. The van der Waals surface area contributed by atoms with Crippen molar-refractivity contribution in [2.45, 2.75) is 49.1 Å². The predicted molar refractivity (Wildman–Crippen MR) is 78.9 cm³/mol. The Morgan fingerprint density at radius 2 is 2.18 bits per heavy atom. The van der Waals surface area contributed by atoms with Crippen LogP contribution in [0, 0.1) is 0 Å². The molecule has 1 aromatic rings. The quantitative estimate of drug-likeness (QED) is 0.785. The Kier molecular flexibility index (Phi) is 5.78. The first-order valence-corrected chi connectivity index (χ1v) is 8.82. The van der Waals surface area contributed by atoms with Crippen molar-refractivity contribution in [1.82, 2.24) is 9.55 Å². The van der Waals surface area contributed by atoms with E-state index in [2.05, 4.69) is 33.8 Å². The molecule has 2 nitrogen and oxygen atoms in total. The molecule has 2 rings (SSSR count). The third kappa shape index (κ3) is 4.59. The molecule has 1 heterocycles. The molecule has 1 aliphatic rings. The standard InChI is InChI=1S/C13H22N2S2/c1-16-10-13(9-15-8-7-14-11-15)17-12-5-3-2-4-6-12/h7-8,11-13H,2-6,9-10H2,1H3. The molecule has 0 amide bonds. The molecule has 0 saturated heterocycles. The molecule has 1 aromatic heterocycles. The van der Waals surface area contributed by atoms with Crippen molar-refractivity contribution in [3.8, 4) is 0 Å². The van der Waals surface area contributed by atoms with Gasteiger partial charge >= 0.3 is 0 Å². The molecule has 96 valence electrons. The zero-order valence-electron chi connectivity index (χ0n) is 10.5. The summed E-state index contributed by atoms with van der Waals surface area (Å²) < 4.78 is 2.22. The van der Waals surface area contributed by atoms with Crippen molar-refractivity contribution in [1.29, 1.82) is 0 Å². The van der Waals surface area contributed by atoms with Crippen LogP contribution >= 0.6 is 23.5 Å². The Labute approximate surface area is 113 Å². The topological polar surface area (TPSA) is 17.8 Å². The van der Waals surface area contributed by atoms with Crippen LogP contribution in [0.3, 0.4) is 0 Å². The van der Waals surface area contributed by atoms with Gasteiger partial charge in [-0.15, -0.1) is 0 Å². The molecular formula is C13H22N2S2. The number of hydrogen-bond donors (Lipinski definition) is 0. The first-order valence-electron chi connectivity index (χ1n) is 6.48. The van der Waals surface area contributed by atoms with Gasteiger partial charge in [0.05, 0.1) is 6.33 Å². The maximum atomic E-state index is 4.13. The zero-order chi connectivity index (χ0) is 11.9. The Morgan fingerprint density at radius 1 is 1.35 bits per heavy atom. The maximum Gasteiger partial charge on any atom is 0.0946 e. The Hall–Kier alpha value is -0.0900. The number of rotatable bonds is 6. The van der Waals surface area contributed by atoms with E-state index in [-0.39, 0.29) is 0 Å². The maximum absolute atomic E-state index is 4.13. The van der Waals surface area contributed by atoms with Crippen LogP contribution in [0.5, 0.6) is 0 Å². The van der Waals surface area contributed by atoms with Gasteiger partial charge in [0.15, 0.2) is 0 Å². The zero-order valence-corrected chi connectivity index (χ0v) is 12.2. The minimum absolute atomic E-state index is 0.738. The van der Waals surface area contributed by atoms with E-state index in [1.807, 2.05) is 24.3 Å². The average Bonchev–Trinajstić information content (AvgIpc) is 2.83. The van der Waals surface area contributed by atoms with Crippen LogP contribution in [0.15, 0.2) is 18.7 Å². The summed E-state index contributed by atoms with van der Waals surface area (Å²) in [6.07, 6.45) is 15.3. The lowest BCUT2D eigenvalue weighted by Gasteiger charge is -2.26. The van der Waals surface area contributed by atoms with E-state index in [9.17, 15) is 0 Å². The predicted octanol–water partition coefficient (Wildman–Crippen LogP) is 3.68. The summed E-state index contributed by atoms with van der Waals surface area (Å²) in [6, 6.07) is 0. The second-order valence-electron chi connectivity index (χ2n) is 4.73. The van der Waals surface area contributed by atoms with Crippen LogP contribution in [-0.4, -0.2) is 32.1 Å². The molecule has 17 heavy (non-hydrogen) atoms. The van der Waals surface area contributed by atoms with Crippen molar-refractivity contribution in [3.05, 3.63) is 18.7 Å². The first kappa shape index (κ1) is 13.3. The molecule has 1 unspecified atom stereocenters. The highest BCUT2D eigenvalue weighted by atomic mass is 32.2. The molecule has 1 saturated carbocycles. The Morgan fingerprint density at radius 3 is 2.82 bits per heavy atom. The van der Waals surface area contributed by atoms with Gasteiger partial charge in [-0.3, -0.25) is 0 Å². The van der Waals surface area contributed by atoms with Crippen LogP contribution < -0.4 is 0 Å². The van der Waals surface area contributed by atoms with E-state index in [4.69, 9.17) is 0 Å². The fourth-order valence-corrected chi connectivity index (χ4v) is 5.03. The van der Waals surface area contributed by atoms with Crippen LogP contribution in [0.25, 0.3) is 0 Å². The highest BCUT2D eigenvalue weighted by molar-refractivity contribution is 8.03. The van der Waals surface area contributed by atoms with Gasteiger partial charge in [-0.25, -0.2) is 4.98 Å². The SMILES string of the molecule is CSCC(Cn1ccnc1)SC1CCCCC1. The third-order valence-corrected chi connectivity index (χ3v) is 5.77. The van der Waals surface area contributed by atoms with E-state index in [0.29, 0.717) is 0 Å². The fourth-order valence-electron chi connectivity index (χ4n) is 2.42. The summed E-state index contributed by atoms with van der Waals surface area (Å²) in [7, 11) is 0. The molecule has 0 radical (unpaired) electrons. The van der Waals surface area contributed by atoms with Crippen LogP contribution in [0.1, 0.15) is 32.1 Å². The van der Waals surface area contributed by atoms with Gasteiger partial charge in [0.2, 0.25) is 0 Å². The van der Waals surface area contributed by atoms with Crippen molar-refractivity contribution < 1.29 is 0 Å². The van der Waals surface area contributed by atoms with Gasteiger partial charge in [-0.05, 0) is 19.1 Å². The molecule has 4 heteroatoms. The molecule has 0 aromatic carbocycles. The summed E-state index contributed by atoms with van der Waals surface area (Å²) in [4.78, 5) is 4.13. The van der Waals surface area contributed by atoms with E-state index in [0.717, 1.165) is 17.0 Å². The lowest BCUT2D eigenvalue weighted by atomic mass is 10.0. The summed E-state index contributed by atoms with van der Waals surface area (Å²) in [5, 5.41) is 1.65. The normalized spacial score (nSPS) is 19.4. The van der Waals surface area contributed by atoms with Crippen LogP contribution in [-0.2, 0) is 6.54 Å². The second-order valence-corrected chi connectivity index (χ2v) is 7.25. The lowest BCUT2D eigenvalue weighted by Crippen LogP contribution is -2.20. The number of imidazole rings is 1. The Balaban J connectivity index is 1.83. The number of hydrogen-bond acceptors (Lipinski definition) is 3. The molecule has 1 atom stereocenters. The highest BCUT2D eigenvalue weighted by Crippen LogP contribution is 2.32. The molecule has 0 N–H and O–H groups in total. The minimum atomic E-state index is 0.738. The smallest absolute Gasteiger partial charge is 0.0946 e. The summed E-state index contributed by atoms with van der Waals surface area (Å²) in [5.41, 5.74) is 0. The minimum Gasteiger partial charge on any atom is -0.336 e. The third-order valence-electron chi connectivity index (χ3n) is 3.26. The summed E-state index contributed by atoms with van der Waals surface area (Å²) >= 11 is 4.18. The average molecular weight is 270 g/mol. The van der Waals surface area contributed by atoms with Crippen LogP contribution in [0.2, 0.25) is 0 Å². The van der Waals surface area contributed by atoms with Crippen molar-refractivity contribution in [2.75, 3.05) is 12.0 Å². The summed E-state index contributed by atoms with van der Waals surface area (Å²) in [6.45, 7) is 1.11. The van der Waals surface area contributed by atoms with Gasteiger partial charge in [0.1, 0.15) is 0 Å². The molecular weight excluding hydrogens is 248 g/mol. The Bertz CT molecular complexity index is 294. The molecule has 0 bridgehead atoms. The van der Waals surface area contributed by atoms with Crippen molar-refractivity contribution in [2.24, 2.45) is 0 Å². The van der Waals surface area contributed by atoms with E-state index in [1.54, 1.807) is 0 Å². The molecule has 1 aliphatic carbocycles. The molecule has 0 aliphatic heterocycles. The molecule has 0 spiro atoms. The van der Waals surface area contributed by atoms with E-state index in [1.165, 1.54) is 37.9 Å². The van der Waals surface area contributed by atoms with Crippen LogP contribution in [0.4, 0.5) is 0 Å².